The first-order valence-corrected chi connectivity index (χ1v) is 8.06. The van der Waals surface area contributed by atoms with Crippen LogP contribution in [-0.2, 0) is 27.9 Å². The van der Waals surface area contributed by atoms with Crippen LogP contribution in [0.4, 0.5) is 0 Å². The fourth-order valence-electron chi connectivity index (χ4n) is 1.43. The number of sulfone groups is 1. The van der Waals surface area contributed by atoms with E-state index in [0.717, 1.165) is 22.8 Å². The molecular weight excluding hydrogens is 256 g/mol. The third-order valence-electron chi connectivity index (χ3n) is 2.22. The van der Waals surface area contributed by atoms with Crippen LogP contribution in [0.25, 0.3) is 0 Å². The number of thioether (sulfide) groups is 1. The zero-order chi connectivity index (χ0) is 11.1. The van der Waals surface area contributed by atoms with Gasteiger partial charge in [0.25, 0.3) is 0 Å². The Morgan fingerprint density at radius 2 is 2.27 bits per heavy atom. The number of aryl methyl sites for hydroxylation is 1. The van der Waals surface area contributed by atoms with Gasteiger partial charge in [-0.15, -0.1) is 0 Å². The summed E-state index contributed by atoms with van der Waals surface area (Å²) >= 11 is 7.87. The lowest BCUT2D eigenvalue weighted by Gasteiger charge is -2.02. The average Bonchev–Trinajstić information content (AvgIpc) is 2.65. The predicted octanol–water partition coefficient (Wildman–Crippen LogP) is 1.33. The van der Waals surface area contributed by atoms with Crippen LogP contribution in [0.1, 0.15) is 11.3 Å². The van der Waals surface area contributed by atoms with E-state index in [2.05, 4.69) is 5.10 Å². The van der Waals surface area contributed by atoms with Gasteiger partial charge in [0.2, 0.25) is 0 Å². The topological polar surface area (TPSA) is 52.0 Å². The number of hydrogen-bond acceptors (Lipinski definition) is 4. The van der Waals surface area contributed by atoms with Gasteiger partial charge in [-0.3, -0.25) is 4.68 Å². The van der Waals surface area contributed by atoms with E-state index in [9.17, 15) is 8.42 Å². The van der Waals surface area contributed by atoms with E-state index < -0.39 is 9.84 Å². The monoisotopic (exact) mass is 266 g/mol. The maximum Gasteiger partial charge on any atom is 0.149 e. The minimum atomic E-state index is -2.96. The highest BCUT2D eigenvalue weighted by molar-refractivity contribution is 7.98. The number of aromatic nitrogens is 2. The molecule has 1 aliphatic rings. The van der Waals surface area contributed by atoms with Crippen molar-refractivity contribution in [3.63, 3.8) is 0 Å². The molecule has 0 aliphatic carbocycles. The minimum absolute atomic E-state index is 0.0838. The van der Waals surface area contributed by atoms with Gasteiger partial charge >= 0.3 is 0 Å². The van der Waals surface area contributed by atoms with Crippen molar-refractivity contribution in [2.24, 2.45) is 0 Å². The van der Waals surface area contributed by atoms with E-state index in [-0.39, 0.29) is 5.75 Å². The third kappa shape index (κ3) is 2.49. The summed E-state index contributed by atoms with van der Waals surface area (Å²) in [6, 6.07) is 0. The van der Waals surface area contributed by atoms with Crippen LogP contribution in [0.5, 0.6) is 0 Å². The van der Waals surface area contributed by atoms with Gasteiger partial charge in [-0.1, -0.05) is 11.6 Å². The standard InChI is InChI=1S/C8H11ClN2O2S2/c1-15(12,13)3-2-11-8(9)6-4-14-5-7(6)10-11/h2-5H2,1H3. The van der Waals surface area contributed by atoms with Gasteiger partial charge in [-0.2, -0.15) is 16.9 Å². The third-order valence-corrected chi connectivity index (χ3v) is 4.54. The number of hydrogen-bond donors (Lipinski definition) is 0. The maximum atomic E-state index is 11.0. The molecule has 2 rings (SSSR count). The molecule has 0 bridgehead atoms. The molecule has 0 atom stereocenters. The van der Waals surface area contributed by atoms with Gasteiger partial charge in [0.05, 0.1) is 18.0 Å². The highest BCUT2D eigenvalue weighted by atomic mass is 35.5. The molecule has 1 aromatic rings. The molecule has 0 unspecified atom stereocenters. The van der Waals surface area contributed by atoms with Gasteiger partial charge in [0.15, 0.2) is 0 Å². The molecule has 7 heteroatoms. The summed E-state index contributed by atoms with van der Waals surface area (Å²) in [5, 5.41) is 4.89. The van der Waals surface area contributed by atoms with Crippen LogP contribution in [-0.4, -0.2) is 30.2 Å². The first-order chi connectivity index (χ1) is 6.97. The zero-order valence-electron chi connectivity index (χ0n) is 8.23. The molecule has 1 aliphatic heterocycles. The molecule has 0 saturated carbocycles. The summed E-state index contributed by atoms with van der Waals surface area (Å²) in [7, 11) is -2.96. The van der Waals surface area contributed by atoms with Crippen molar-refractivity contribution >= 4 is 33.2 Å². The molecular formula is C8H11ClN2O2S2. The highest BCUT2D eigenvalue weighted by Crippen LogP contribution is 2.34. The van der Waals surface area contributed by atoms with E-state index in [1.54, 1.807) is 16.4 Å². The summed E-state index contributed by atoms with van der Waals surface area (Å²) in [6.07, 6.45) is 1.22. The molecule has 1 aromatic heterocycles. The van der Waals surface area contributed by atoms with E-state index in [0.29, 0.717) is 11.7 Å². The van der Waals surface area contributed by atoms with Gasteiger partial charge < -0.3 is 0 Å². The van der Waals surface area contributed by atoms with Gasteiger partial charge in [0, 0.05) is 23.3 Å². The van der Waals surface area contributed by atoms with Crippen molar-refractivity contribution < 1.29 is 8.42 Å². The Labute approximate surface area is 97.9 Å². The normalized spacial score (nSPS) is 15.6. The molecule has 2 heterocycles. The van der Waals surface area contributed by atoms with Gasteiger partial charge in [-0.25, -0.2) is 8.42 Å². The summed E-state index contributed by atoms with van der Waals surface area (Å²) in [6.45, 7) is 0.343. The summed E-state index contributed by atoms with van der Waals surface area (Å²) < 4.78 is 23.6. The lowest BCUT2D eigenvalue weighted by molar-refractivity contribution is 0.585. The minimum Gasteiger partial charge on any atom is -0.252 e. The molecule has 15 heavy (non-hydrogen) atoms. The molecule has 0 amide bonds. The Kier molecular flexibility index (Phi) is 3.00. The van der Waals surface area contributed by atoms with Crippen LogP contribution in [0, 0.1) is 0 Å². The van der Waals surface area contributed by atoms with Crippen LogP contribution in [0.3, 0.4) is 0 Å². The summed E-state index contributed by atoms with van der Waals surface area (Å²) in [4.78, 5) is 0. The number of nitrogens with zero attached hydrogens (tertiary/aromatic N) is 2. The molecule has 84 valence electrons. The smallest absolute Gasteiger partial charge is 0.149 e. The second-order valence-corrected chi connectivity index (χ2v) is 7.17. The average molecular weight is 267 g/mol. The maximum absolute atomic E-state index is 11.0. The van der Waals surface area contributed by atoms with Crippen molar-refractivity contribution in [1.29, 1.82) is 0 Å². The van der Waals surface area contributed by atoms with E-state index >= 15 is 0 Å². The van der Waals surface area contributed by atoms with Crippen molar-refractivity contribution in [2.45, 2.75) is 18.1 Å². The first-order valence-electron chi connectivity index (χ1n) is 4.47. The van der Waals surface area contributed by atoms with Gasteiger partial charge in [-0.05, 0) is 0 Å². The number of fused-ring (bicyclic) bond motifs is 1. The van der Waals surface area contributed by atoms with Crippen LogP contribution < -0.4 is 0 Å². The van der Waals surface area contributed by atoms with Crippen LogP contribution in [0.2, 0.25) is 5.15 Å². The van der Waals surface area contributed by atoms with Crippen LogP contribution in [0.15, 0.2) is 0 Å². The molecule has 0 N–H and O–H groups in total. The Bertz CT molecular complexity index is 481. The fraction of sp³-hybridized carbons (Fsp3) is 0.625. The molecule has 0 fully saturated rings. The van der Waals surface area contributed by atoms with Crippen molar-refractivity contribution in [3.05, 3.63) is 16.4 Å². The van der Waals surface area contributed by atoms with Crippen LogP contribution >= 0.6 is 23.4 Å². The summed E-state index contributed by atoms with van der Waals surface area (Å²) in [5.74, 6) is 1.84. The van der Waals surface area contributed by atoms with Crippen molar-refractivity contribution in [3.8, 4) is 0 Å². The second kappa shape index (κ2) is 3.99. The highest BCUT2D eigenvalue weighted by Gasteiger charge is 2.21. The number of halogens is 1. The lowest BCUT2D eigenvalue weighted by atomic mass is 10.3. The predicted molar refractivity (Wildman–Crippen MR) is 61.9 cm³/mol. The molecule has 0 spiro atoms. The Balaban J connectivity index is 2.17. The number of rotatable bonds is 3. The Hall–Kier alpha value is -0.200. The quantitative estimate of drug-likeness (QED) is 0.828. The molecule has 0 aromatic carbocycles. The fourth-order valence-corrected chi connectivity index (χ4v) is 3.35. The largest absolute Gasteiger partial charge is 0.252 e. The van der Waals surface area contributed by atoms with E-state index in [4.69, 9.17) is 11.6 Å². The lowest BCUT2D eigenvalue weighted by Crippen LogP contribution is -2.12. The van der Waals surface area contributed by atoms with E-state index in [1.165, 1.54) is 6.26 Å². The van der Waals surface area contributed by atoms with Crippen molar-refractivity contribution in [1.82, 2.24) is 9.78 Å². The van der Waals surface area contributed by atoms with Crippen molar-refractivity contribution in [2.75, 3.05) is 12.0 Å². The first kappa shape index (κ1) is 11.3. The SMILES string of the molecule is CS(=O)(=O)CCn1nc2c(c1Cl)CSC2. The molecule has 0 radical (unpaired) electrons. The second-order valence-electron chi connectivity index (χ2n) is 3.56. The zero-order valence-corrected chi connectivity index (χ0v) is 10.6. The van der Waals surface area contributed by atoms with E-state index in [1.807, 2.05) is 0 Å². The molecule has 4 nitrogen and oxygen atoms in total. The van der Waals surface area contributed by atoms with Gasteiger partial charge in [0.1, 0.15) is 15.0 Å². The summed E-state index contributed by atoms with van der Waals surface area (Å²) in [5.41, 5.74) is 2.06. The Morgan fingerprint density at radius 3 is 2.87 bits per heavy atom. The Morgan fingerprint density at radius 1 is 1.53 bits per heavy atom. The molecule has 0 saturated heterocycles.